The van der Waals surface area contributed by atoms with Crippen LogP contribution in [0.1, 0.15) is 10.4 Å². The number of rotatable bonds is 5. The first kappa shape index (κ1) is 18.4. The lowest BCUT2D eigenvalue weighted by Gasteiger charge is -2.36. The molecule has 1 aromatic heterocycles. The number of thiophene rings is 1. The van der Waals surface area contributed by atoms with Gasteiger partial charge >= 0.3 is 0 Å². The fourth-order valence-corrected chi connectivity index (χ4v) is 4.12. The number of amides is 1. The number of piperazine rings is 1. The lowest BCUT2D eigenvalue weighted by atomic mass is 10.2. The van der Waals surface area contributed by atoms with Crippen LogP contribution in [-0.2, 0) is 0 Å². The molecular formula is C22H23N3O2S. The Morgan fingerprint density at radius 1 is 0.929 bits per heavy atom. The van der Waals surface area contributed by atoms with Gasteiger partial charge in [-0.15, -0.1) is 11.3 Å². The molecule has 0 bridgehead atoms. The van der Waals surface area contributed by atoms with Crippen LogP contribution in [0.5, 0.6) is 5.75 Å². The van der Waals surface area contributed by atoms with Crippen LogP contribution in [-0.4, -0.2) is 39.2 Å². The van der Waals surface area contributed by atoms with Gasteiger partial charge in [0.1, 0.15) is 5.75 Å². The first-order valence-electron chi connectivity index (χ1n) is 9.32. The molecule has 2 heterocycles. The maximum absolute atomic E-state index is 12.4. The second-order valence-corrected chi connectivity index (χ2v) is 7.58. The molecule has 1 fully saturated rings. The number of ether oxygens (including phenoxy) is 1. The number of anilines is 3. The van der Waals surface area contributed by atoms with Crippen LogP contribution in [0.25, 0.3) is 0 Å². The van der Waals surface area contributed by atoms with E-state index in [0.717, 1.165) is 37.6 Å². The molecule has 0 atom stereocenters. The summed E-state index contributed by atoms with van der Waals surface area (Å²) < 4.78 is 5.13. The van der Waals surface area contributed by atoms with E-state index >= 15 is 0 Å². The summed E-state index contributed by atoms with van der Waals surface area (Å²) in [5, 5.41) is 6.42. The number of carbonyl (C=O) groups is 1. The third-order valence-electron chi connectivity index (χ3n) is 4.94. The molecule has 6 heteroatoms. The quantitative estimate of drug-likeness (QED) is 0.701. The molecule has 2 aromatic carbocycles. The number of benzene rings is 2. The minimum Gasteiger partial charge on any atom is -0.497 e. The Labute approximate surface area is 169 Å². The third-order valence-corrected chi connectivity index (χ3v) is 5.87. The topological polar surface area (TPSA) is 44.8 Å². The zero-order valence-electron chi connectivity index (χ0n) is 15.8. The van der Waals surface area contributed by atoms with Crippen LogP contribution < -0.4 is 19.9 Å². The largest absolute Gasteiger partial charge is 0.497 e. The molecule has 0 spiro atoms. The van der Waals surface area contributed by atoms with Gasteiger partial charge in [-0.25, -0.2) is 0 Å². The number of hydrogen-bond acceptors (Lipinski definition) is 5. The summed E-state index contributed by atoms with van der Waals surface area (Å²) in [5.74, 6) is 0.611. The average molecular weight is 394 g/mol. The Balaban J connectivity index is 1.34. The van der Waals surface area contributed by atoms with Crippen molar-refractivity contribution in [3.8, 4) is 5.75 Å². The fourth-order valence-electron chi connectivity index (χ4n) is 3.34. The molecule has 3 aromatic rings. The standard InChI is InChI=1S/C22H23N3O2S/c1-27-20-10-4-17(5-11-20)22(26)23-18-6-8-19(9-7-18)24-12-14-25(15-13-24)21-3-2-16-28-21/h2-11,16H,12-15H2,1H3,(H,23,26). The zero-order valence-corrected chi connectivity index (χ0v) is 16.6. The summed E-state index contributed by atoms with van der Waals surface area (Å²) in [7, 11) is 1.61. The van der Waals surface area contributed by atoms with E-state index in [9.17, 15) is 4.79 Å². The number of methoxy groups -OCH3 is 1. The van der Waals surface area contributed by atoms with Crippen molar-refractivity contribution in [1.29, 1.82) is 0 Å². The summed E-state index contributed by atoms with van der Waals surface area (Å²) in [4.78, 5) is 17.2. The van der Waals surface area contributed by atoms with Gasteiger partial charge in [0, 0.05) is 43.1 Å². The molecule has 0 saturated carbocycles. The second-order valence-electron chi connectivity index (χ2n) is 6.65. The van der Waals surface area contributed by atoms with Gasteiger partial charge in [-0.3, -0.25) is 4.79 Å². The predicted molar refractivity (Wildman–Crippen MR) is 116 cm³/mol. The molecule has 1 amide bonds. The van der Waals surface area contributed by atoms with E-state index in [2.05, 4.69) is 44.8 Å². The van der Waals surface area contributed by atoms with Gasteiger partial charge in [0.2, 0.25) is 0 Å². The number of carbonyl (C=O) groups excluding carboxylic acids is 1. The maximum atomic E-state index is 12.4. The molecule has 0 radical (unpaired) electrons. The van der Waals surface area contributed by atoms with Crippen molar-refractivity contribution < 1.29 is 9.53 Å². The highest BCUT2D eigenvalue weighted by molar-refractivity contribution is 7.14. The summed E-state index contributed by atoms with van der Waals surface area (Å²) in [6.45, 7) is 4.04. The molecule has 1 aliphatic rings. The third kappa shape index (κ3) is 4.12. The normalized spacial score (nSPS) is 14.0. The smallest absolute Gasteiger partial charge is 0.255 e. The molecule has 0 aliphatic carbocycles. The van der Waals surface area contributed by atoms with Crippen LogP contribution in [0.4, 0.5) is 16.4 Å². The van der Waals surface area contributed by atoms with Crippen LogP contribution in [0, 0.1) is 0 Å². The number of hydrogen-bond donors (Lipinski definition) is 1. The van der Waals surface area contributed by atoms with Crippen molar-refractivity contribution >= 4 is 33.6 Å². The zero-order chi connectivity index (χ0) is 19.3. The van der Waals surface area contributed by atoms with Crippen LogP contribution in [0.2, 0.25) is 0 Å². The molecule has 1 saturated heterocycles. The summed E-state index contributed by atoms with van der Waals surface area (Å²) in [6, 6.07) is 19.4. The lowest BCUT2D eigenvalue weighted by Crippen LogP contribution is -2.46. The van der Waals surface area contributed by atoms with E-state index in [1.807, 2.05) is 12.1 Å². The van der Waals surface area contributed by atoms with Gasteiger partial charge in [0.25, 0.3) is 5.91 Å². The number of nitrogens with zero attached hydrogens (tertiary/aromatic N) is 2. The van der Waals surface area contributed by atoms with E-state index in [4.69, 9.17) is 4.74 Å². The highest BCUT2D eigenvalue weighted by Gasteiger charge is 2.18. The molecule has 4 rings (SSSR count). The first-order valence-corrected chi connectivity index (χ1v) is 10.2. The Kier molecular flexibility index (Phi) is 5.48. The van der Waals surface area contributed by atoms with E-state index in [1.165, 1.54) is 10.7 Å². The highest BCUT2D eigenvalue weighted by Crippen LogP contribution is 2.25. The van der Waals surface area contributed by atoms with Crippen LogP contribution >= 0.6 is 11.3 Å². The van der Waals surface area contributed by atoms with E-state index in [0.29, 0.717) is 5.56 Å². The van der Waals surface area contributed by atoms with Gasteiger partial charge in [-0.1, -0.05) is 0 Å². The SMILES string of the molecule is COc1ccc(C(=O)Nc2ccc(N3CCN(c4cccs4)CC3)cc2)cc1. The summed E-state index contributed by atoms with van der Waals surface area (Å²) in [5.41, 5.74) is 2.59. The Morgan fingerprint density at radius 2 is 1.61 bits per heavy atom. The molecule has 28 heavy (non-hydrogen) atoms. The van der Waals surface area contributed by atoms with Crippen molar-refractivity contribution in [3.05, 3.63) is 71.6 Å². The Bertz CT molecular complexity index is 900. The Hall–Kier alpha value is -2.99. The van der Waals surface area contributed by atoms with Crippen molar-refractivity contribution in [1.82, 2.24) is 0 Å². The minimum absolute atomic E-state index is 0.125. The van der Waals surface area contributed by atoms with Crippen molar-refractivity contribution in [3.63, 3.8) is 0 Å². The van der Waals surface area contributed by atoms with Gasteiger partial charge < -0.3 is 19.9 Å². The van der Waals surface area contributed by atoms with Gasteiger partial charge in [0.05, 0.1) is 12.1 Å². The molecule has 0 unspecified atom stereocenters. The molecule has 5 nitrogen and oxygen atoms in total. The number of nitrogens with one attached hydrogen (secondary N) is 1. The summed E-state index contributed by atoms with van der Waals surface area (Å²) >= 11 is 1.79. The van der Waals surface area contributed by atoms with Crippen LogP contribution in [0.15, 0.2) is 66.0 Å². The van der Waals surface area contributed by atoms with Crippen molar-refractivity contribution in [2.75, 3.05) is 48.4 Å². The first-order chi connectivity index (χ1) is 13.7. The van der Waals surface area contributed by atoms with Gasteiger partial charge in [0.15, 0.2) is 0 Å². The maximum Gasteiger partial charge on any atom is 0.255 e. The van der Waals surface area contributed by atoms with Gasteiger partial charge in [-0.05, 0) is 66.0 Å². The molecule has 1 N–H and O–H groups in total. The van der Waals surface area contributed by atoms with E-state index < -0.39 is 0 Å². The van der Waals surface area contributed by atoms with Crippen molar-refractivity contribution in [2.45, 2.75) is 0 Å². The highest BCUT2D eigenvalue weighted by atomic mass is 32.1. The Morgan fingerprint density at radius 3 is 2.21 bits per heavy atom. The van der Waals surface area contributed by atoms with E-state index in [-0.39, 0.29) is 5.91 Å². The van der Waals surface area contributed by atoms with Crippen molar-refractivity contribution in [2.24, 2.45) is 0 Å². The monoisotopic (exact) mass is 393 g/mol. The predicted octanol–water partition coefficient (Wildman–Crippen LogP) is 4.34. The summed E-state index contributed by atoms with van der Waals surface area (Å²) in [6.07, 6.45) is 0. The minimum atomic E-state index is -0.125. The molecular weight excluding hydrogens is 370 g/mol. The van der Waals surface area contributed by atoms with E-state index in [1.54, 1.807) is 42.7 Å². The second kappa shape index (κ2) is 8.35. The molecule has 1 aliphatic heterocycles. The lowest BCUT2D eigenvalue weighted by molar-refractivity contribution is 0.102. The fraction of sp³-hybridized carbons (Fsp3) is 0.227. The average Bonchev–Trinajstić information content (AvgIpc) is 3.29. The van der Waals surface area contributed by atoms with Crippen LogP contribution in [0.3, 0.4) is 0 Å². The van der Waals surface area contributed by atoms with Gasteiger partial charge in [-0.2, -0.15) is 0 Å². The molecule has 144 valence electrons.